The summed E-state index contributed by atoms with van der Waals surface area (Å²) in [4.78, 5) is 11.1. The van der Waals surface area contributed by atoms with Crippen molar-refractivity contribution in [2.24, 2.45) is 10.2 Å². The molecule has 0 aliphatic rings. The Labute approximate surface area is 168 Å². The zero-order valence-corrected chi connectivity index (χ0v) is 16.2. The van der Waals surface area contributed by atoms with E-state index in [4.69, 9.17) is 15.5 Å². The SMILES string of the molecule is COc1cc(-c2ccc(C)cc2[N+](=O)[O-])c(C)cc1N=Nc1ccccc1.N#N. The summed E-state index contributed by atoms with van der Waals surface area (Å²) in [5, 5.41) is 32.0. The van der Waals surface area contributed by atoms with Crippen molar-refractivity contribution in [3.8, 4) is 16.9 Å². The van der Waals surface area contributed by atoms with E-state index >= 15 is 0 Å². The van der Waals surface area contributed by atoms with E-state index in [9.17, 15) is 10.1 Å². The quantitative estimate of drug-likeness (QED) is 0.218. The van der Waals surface area contributed by atoms with Gasteiger partial charge in [-0.05, 0) is 60.9 Å². The second kappa shape index (κ2) is 9.71. The maximum atomic E-state index is 11.5. The first-order valence-corrected chi connectivity index (χ1v) is 8.60. The molecule has 0 spiro atoms. The number of methoxy groups -OCH3 is 1. The molecule has 0 heterocycles. The van der Waals surface area contributed by atoms with Gasteiger partial charge in [-0.1, -0.05) is 24.3 Å². The summed E-state index contributed by atoms with van der Waals surface area (Å²) >= 11 is 0. The van der Waals surface area contributed by atoms with Crippen LogP contribution in [0.3, 0.4) is 0 Å². The number of benzene rings is 3. The molecule has 29 heavy (non-hydrogen) atoms. The number of nitrogens with zero attached hydrogens (tertiary/aromatic N) is 5. The lowest BCUT2D eigenvalue weighted by Crippen LogP contribution is -1.95. The lowest BCUT2D eigenvalue weighted by atomic mass is 9.97. The molecule has 0 saturated carbocycles. The van der Waals surface area contributed by atoms with Gasteiger partial charge in [0.15, 0.2) is 0 Å². The molecule has 146 valence electrons. The molecule has 0 saturated heterocycles. The number of hydrogen-bond acceptors (Lipinski definition) is 7. The van der Waals surface area contributed by atoms with E-state index in [2.05, 4.69) is 10.2 Å². The van der Waals surface area contributed by atoms with Crippen LogP contribution in [0.5, 0.6) is 5.75 Å². The van der Waals surface area contributed by atoms with E-state index < -0.39 is 0 Å². The largest absolute Gasteiger partial charge is 0.494 e. The van der Waals surface area contributed by atoms with Crippen LogP contribution in [0.4, 0.5) is 17.1 Å². The Morgan fingerprint density at radius 2 is 1.62 bits per heavy atom. The number of rotatable bonds is 5. The summed E-state index contributed by atoms with van der Waals surface area (Å²) < 4.78 is 5.45. The van der Waals surface area contributed by atoms with Crippen molar-refractivity contribution in [3.63, 3.8) is 0 Å². The van der Waals surface area contributed by atoms with Gasteiger partial charge in [0.05, 0.1) is 23.3 Å². The van der Waals surface area contributed by atoms with Crippen molar-refractivity contribution >= 4 is 17.1 Å². The predicted molar refractivity (Wildman–Crippen MR) is 109 cm³/mol. The minimum absolute atomic E-state index is 0.0683. The van der Waals surface area contributed by atoms with Gasteiger partial charge in [0.1, 0.15) is 11.4 Å². The minimum Gasteiger partial charge on any atom is -0.494 e. The minimum atomic E-state index is -0.364. The van der Waals surface area contributed by atoms with Crippen LogP contribution in [0, 0.1) is 34.7 Å². The fraction of sp³-hybridized carbons (Fsp3) is 0.143. The Kier molecular flexibility index (Phi) is 7.09. The monoisotopic (exact) mass is 389 g/mol. The number of nitro groups is 1. The van der Waals surface area contributed by atoms with Gasteiger partial charge in [0.25, 0.3) is 5.69 Å². The zero-order valence-electron chi connectivity index (χ0n) is 16.2. The summed E-state index contributed by atoms with van der Waals surface area (Å²) in [6.07, 6.45) is 0. The van der Waals surface area contributed by atoms with Gasteiger partial charge in [-0.2, -0.15) is 5.11 Å². The van der Waals surface area contributed by atoms with Crippen LogP contribution in [0.1, 0.15) is 11.1 Å². The molecule has 8 heteroatoms. The van der Waals surface area contributed by atoms with Gasteiger partial charge >= 0.3 is 0 Å². The van der Waals surface area contributed by atoms with Gasteiger partial charge < -0.3 is 4.74 Å². The molecule has 3 aromatic rings. The van der Waals surface area contributed by atoms with Crippen LogP contribution >= 0.6 is 0 Å². The van der Waals surface area contributed by atoms with Crippen LogP contribution in [0.25, 0.3) is 11.1 Å². The molecule has 0 unspecified atom stereocenters. The molecule has 0 amide bonds. The van der Waals surface area contributed by atoms with E-state index in [1.54, 1.807) is 25.3 Å². The summed E-state index contributed by atoms with van der Waals surface area (Å²) in [5.74, 6) is 0.505. The van der Waals surface area contributed by atoms with Gasteiger partial charge in [0, 0.05) is 16.9 Å². The predicted octanol–water partition coefficient (Wildman–Crippen LogP) is 6.33. The third-order valence-electron chi connectivity index (χ3n) is 4.20. The normalized spacial score (nSPS) is 10.2. The molecule has 0 aliphatic heterocycles. The molecule has 0 N–H and O–H groups in total. The Balaban J connectivity index is 0.00000145. The van der Waals surface area contributed by atoms with E-state index in [1.807, 2.05) is 56.3 Å². The van der Waals surface area contributed by atoms with Crippen LogP contribution < -0.4 is 4.74 Å². The topological polar surface area (TPSA) is 125 Å². The second-order valence-corrected chi connectivity index (χ2v) is 6.15. The van der Waals surface area contributed by atoms with Crippen molar-refractivity contribution in [2.75, 3.05) is 7.11 Å². The molecule has 8 nitrogen and oxygen atoms in total. The van der Waals surface area contributed by atoms with Crippen molar-refractivity contribution in [1.29, 1.82) is 10.8 Å². The maximum absolute atomic E-state index is 11.5. The van der Waals surface area contributed by atoms with Gasteiger partial charge in [-0.25, -0.2) is 0 Å². The molecule has 0 bridgehead atoms. The first kappa shape index (κ1) is 21.2. The molecule has 0 radical (unpaired) electrons. The van der Waals surface area contributed by atoms with E-state index in [-0.39, 0.29) is 10.6 Å². The highest BCUT2D eigenvalue weighted by Gasteiger charge is 2.19. The van der Waals surface area contributed by atoms with E-state index in [1.165, 1.54) is 0 Å². The summed E-state index contributed by atoms with van der Waals surface area (Å²) in [7, 11) is 1.54. The zero-order chi connectivity index (χ0) is 21.4. The third kappa shape index (κ3) is 4.99. The van der Waals surface area contributed by atoms with E-state index in [0.29, 0.717) is 17.0 Å². The molecule has 0 atom stereocenters. The third-order valence-corrected chi connectivity index (χ3v) is 4.20. The smallest absolute Gasteiger partial charge is 0.277 e. The van der Waals surface area contributed by atoms with Crippen LogP contribution in [-0.4, -0.2) is 12.0 Å². The first-order chi connectivity index (χ1) is 14.0. The van der Waals surface area contributed by atoms with Crippen molar-refractivity contribution in [1.82, 2.24) is 0 Å². The average Bonchev–Trinajstić information content (AvgIpc) is 2.74. The number of nitro benzene ring substituents is 1. The highest BCUT2D eigenvalue weighted by atomic mass is 16.6. The number of ether oxygens (including phenoxy) is 1. The molecule has 0 aliphatic carbocycles. The molecule has 3 aromatic carbocycles. The lowest BCUT2D eigenvalue weighted by Gasteiger charge is -2.12. The summed E-state index contributed by atoms with van der Waals surface area (Å²) in [6.45, 7) is 3.72. The summed E-state index contributed by atoms with van der Waals surface area (Å²) in [5.41, 5.74) is 4.34. The Hall–Kier alpha value is -4.12. The fourth-order valence-corrected chi connectivity index (χ4v) is 2.83. The van der Waals surface area contributed by atoms with Gasteiger partial charge in [-0.15, -0.1) is 5.11 Å². The maximum Gasteiger partial charge on any atom is 0.277 e. The molecule has 0 fully saturated rings. The Morgan fingerprint density at radius 3 is 2.24 bits per heavy atom. The fourth-order valence-electron chi connectivity index (χ4n) is 2.83. The highest BCUT2D eigenvalue weighted by Crippen LogP contribution is 2.39. The van der Waals surface area contributed by atoms with E-state index in [0.717, 1.165) is 22.4 Å². The van der Waals surface area contributed by atoms with Crippen LogP contribution in [-0.2, 0) is 0 Å². The highest BCUT2D eigenvalue weighted by molar-refractivity contribution is 5.79. The molecular formula is C21H19N5O3. The van der Waals surface area contributed by atoms with Gasteiger partial charge in [0.2, 0.25) is 0 Å². The summed E-state index contributed by atoms with van der Waals surface area (Å²) in [6, 6.07) is 18.2. The average molecular weight is 389 g/mol. The van der Waals surface area contributed by atoms with Crippen molar-refractivity contribution in [2.45, 2.75) is 13.8 Å². The lowest BCUT2D eigenvalue weighted by molar-refractivity contribution is -0.384. The molecule has 0 aromatic heterocycles. The van der Waals surface area contributed by atoms with Gasteiger partial charge in [-0.3, -0.25) is 10.1 Å². The first-order valence-electron chi connectivity index (χ1n) is 8.60. The number of aryl methyl sites for hydroxylation is 2. The molecule has 3 rings (SSSR count). The standard InChI is InChI=1S/C21H19N3O3.N2/c1-14-9-10-17(20(11-14)24(25)26)18-13-21(27-3)19(12-15(18)2)23-22-16-7-5-4-6-8-16;1-2/h4-13H,1-3H3;. The van der Waals surface area contributed by atoms with Crippen LogP contribution in [0.2, 0.25) is 0 Å². The second-order valence-electron chi connectivity index (χ2n) is 6.15. The van der Waals surface area contributed by atoms with Crippen molar-refractivity contribution < 1.29 is 9.66 Å². The Morgan fingerprint density at radius 1 is 0.931 bits per heavy atom. The van der Waals surface area contributed by atoms with Crippen molar-refractivity contribution in [3.05, 3.63) is 81.9 Å². The molecular weight excluding hydrogens is 370 g/mol. The van der Waals surface area contributed by atoms with Crippen LogP contribution in [0.15, 0.2) is 70.9 Å². The number of azo groups is 1. The Bertz CT molecular complexity index is 1060. The number of hydrogen-bond donors (Lipinski definition) is 0.